The fraction of sp³-hybridized carbons (Fsp3) is 0.100. The molecule has 134 valence electrons. The number of aromatic hydroxyl groups is 1. The lowest BCUT2D eigenvalue weighted by Gasteiger charge is -2.03. The van der Waals surface area contributed by atoms with Crippen molar-refractivity contribution >= 4 is 46.9 Å². The Labute approximate surface area is 161 Å². The zero-order valence-corrected chi connectivity index (χ0v) is 15.4. The van der Waals surface area contributed by atoms with E-state index in [2.05, 4.69) is 0 Å². The number of ketones is 2. The molecule has 0 saturated heterocycles. The quantitative estimate of drug-likeness (QED) is 0.535. The molecule has 1 N–H and O–H groups in total. The predicted molar refractivity (Wildman–Crippen MR) is 104 cm³/mol. The molecule has 0 heterocycles. The Hall–Kier alpha value is -2.56. The zero-order valence-electron chi connectivity index (χ0n) is 13.9. The highest BCUT2D eigenvalue weighted by Gasteiger charge is 2.05. The molecular weight excluding hydrogens is 375 g/mol. The smallest absolute Gasteiger partial charge is 0.163 e. The summed E-state index contributed by atoms with van der Waals surface area (Å²) in [5.41, 5.74) is 1.31. The molecule has 6 heteroatoms. The van der Waals surface area contributed by atoms with Crippen LogP contribution in [0.25, 0.3) is 12.2 Å². The first kappa shape index (κ1) is 19.8. The van der Waals surface area contributed by atoms with Crippen LogP contribution < -0.4 is 4.74 Å². The van der Waals surface area contributed by atoms with E-state index < -0.39 is 0 Å². The van der Waals surface area contributed by atoms with Gasteiger partial charge in [-0.15, -0.1) is 0 Å². The van der Waals surface area contributed by atoms with E-state index in [1.54, 1.807) is 42.5 Å². The lowest BCUT2D eigenvalue weighted by molar-refractivity contribution is -0.121. The lowest BCUT2D eigenvalue weighted by Crippen LogP contribution is -2.01. The first-order valence-electron chi connectivity index (χ1n) is 7.63. The highest BCUT2D eigenvalue weighted by molar-refractivity contribution is 6.35. The molecule has 0 amide bonds. The molecule has 0 aliphatic carbocycles. The third-order valence-electron chi connectivity index (χ3n) is 3.43. The van der Waals surface area contributed by atoms with Crippen LogP contribution in [-0.4, -0.2) is 23.8 Å². The summed E-state index contributed by atoms with van der Waals surface area (Å²) in [6, 6.07) is 9.61. The summed E-state index contributed by atoms with van der Waals surface area (Å²) in [5, 5.41) is 10.5. The van der Waals surface area contributed by atoms with Gasteiger partial charge in [0.05, 0.1) is 13.5 Å². The Morgan fingerprint density at radius 3 is 2.38 bits per heavy atom. The second-order valence-corrected chi connectivity index (χ2v) is 6.22. The number of phenolic OH excluding ortho intramolecular Hbond substituents is 1. The summed E-state index contributed by atoms with van der Waals surface area (Å²) in [6.45, 7) is 0. The Morgan fingerprint density at radius 1 is 1.04 bits per heavy atom. The molecule has 4 nitrogen and oxygen atoms in total. The van der Waals surface area contributed by atoms with Gasteiger partial charge in [0.2, 0.25) is 0 Å². The van der Waals surface area contributed by atoms with Crippen molar-refractivity contribution in [2.45, 2.75) is 6.42 Å². The topological polar surface area (TPSA) is 63.6 Å². The van der Waals surface area contributed by atoms with Gasteiger partial charge in [0.25, 0.3) is 0 Å². The fourth-order valence-electron chi connectivity index (χ4n) is 2.10. The number of benzene rings is 2. The van der Waals surface area contributed by atoms with Gasteiger partial charge in [-0.25, -0.2) is 0 Å². The van der Waals surface area contributed by atoms with Gasteiger partial charge in [-0.1, -0.05) is 41.4 Å². The standard InChI is InChI=1S/C20H16Cl2O4/c1-26-20-10-13(3-9-19(20)25)2-7-16(23)12-17(24)8-5-14-4-6-15(21)11-18(14)22/h2-11,25H,12H2,1H3/b7-2+,8-5+. The average Bonchev–Trinajstić information content (AvgIpc) is 2.60. The second-order valence-electron chi connectivity index (χ2n) is 5.37. The third-order valence-corrected chi connectivity index (χ3v) is 3.99. The van der Waals surface area contributed by atoms with Crippen LogP contribution >= 0.6 is 23.2 Å². The number of carbonyl (C=O) groups is 2. The van der Waals surface area contributed by atoms with E-state index in [1.165, 1.54) is 25.3 Å². The van der Waals surface area contributed by atoms with Crippen molar-refractivity contribution in [2.75, 3.05) is 7.11 Å². The summed E-state index contributed by atoms with van der Waals surface area (Å²) in [6.07, 6.45) is 5.46. The van der Waals surface area contributed by atoms with E-state index in [0.29, 0.717) is 26.9 Å². The number of halogens is 2. The maximum atomic E-state index is 11.9. The maximum Gasteiger partial charge on any atom is 0.163 e. The predicted octanol–water partition coefficient (Wildman–Crippen LogP) is 4.96. The minimum absolute atomic E-state index is 0.0113. The molecule has 0 aromatic heterocycles. The molecule has 26 heavy (non-hydrogen) atoms. The van der Waals surface area contributed by atoms with E-state index in [-0.39, 0.29) is 23.7 Å². The number of hydrogen-bond acceptors (Lipinski definition) is 4. The molecule has 0 spiro atoms. The molecular formula is C20H16Cl2O4. The van der Waals surface area contributed by atoms with E-state index in [4.69, 9.17) is 27.9 Å². The van der Waals surface area contributed by atoms with Crippen LogP contribution in [0.15, 0.2) is 48.6 Å². The Bertz CT molecular complexity index is 885. The van der Waals surface area contributed by atoms with Crippen LogP contribution in [-0.2, 0) is 9.59 Å². The van der Waals surface area contributed by atoms with Crippen molar-refractivity contribution in [1.29, 1.82) is 0 Å². The molecule has 2 rings (SSSR count). The molecule has 0 aliphatic heterocycles. The maximum absolute atomic E-state index is 11.9. The van der Waals surface area contributed by atoms with Crippen LogP contribution in [0.1, 0.15) is 17.5 Å². The SMILES string of the molecule is COc1cc(/C=C/C(=O)CC(=O)/C=C/c2ccc(Cl)cc2Cl)ccc1O. The van der Waals surface area contributed by atoms with Gasteiger partial charge in [0.15, 0.2) is 23.1 Å². The molecule has 0 aliphatic rings. The largest absolute Gasteiger partial charge is 0.504 e. The average molecular weight is 391 g/mol. The number of hydrogen-bond donors (Lipinski definition) is 1. The summed E-state index contributed by atoms with van der Waals surface area (Å²) >= 11 is 11.8. The highest BCUT2D eigenvalue weighted by atomic mass is 35.5. The van der Waals surface area contributed by atoms with Crippen molar-refractivity contribution in [3.8, 4) is 11.5 Å². The van der Waals surface area contributed by atoms with Gasteiger partial charge in [0, 0.05) is 10.0 Å². The summed E-state index contributed by atoms with van der Waals surface area (Å²) in [7, 11) is 1.44. The van der Waals surface area contributed by atoms with Crippen LogP contribution in [0.5, 0.6) is 11.5 Å². The van der Waals surface area contributed by atoms with Gasteiger partial charge >= 0.3 is 0 Å². The molecule has 2 aromatic rings. The van der Waals surface area contributed by atoms with Crippen LogP contribution in [0.3, 0.4) is 0 Å². The number of allylic oxidation sites excluding steroid dienone is 2. The third kappa shape index (κ3) is 5.76. The fourth-order valence-corrected chi connectivity index (χ4v) is 2.57. The van der Waals surface area contributed by atoms with Gasteiger partial charge in [-0.05, 0) is 53.6 Å². The van der Waals surface area contributed by atoms with Gasteiger partial charge in [0.1, 0.15) is 0 Å². The Morgan fingerprint density at radius 2 is 1.73 bits per heavy atom. The first-order valence-corrected chi connectivity index (χ1v) is 8.38. The number of phenols is 1. The number of ether oxygens (including phenoxy) is 1. The van der Waals surface area contributed by atoms with Crippen molar-refractivity contribution in [1.82, 2.24) is 0 Å². The Balaban J connectivity index is 1.96. The van der Waals surface area contributed by atoms with Crippen molar-refractivity contribution in [3.05, 3.63) is 69.7 Å². The molecule has 0 atom stereocenters. The van der Waals surface area contributed by atoms with Crippen molar-refractivity contribution in [2.24, 2.45) is 0 Å². The molecule has 2 aromatic carbocycles. The monoisotopic (exact) mass is 390 g/mol. The van der Waals surface area contributed by atoms with E-state index >= 15 is 0 Å². The summed E-state index contributed by atoms with van der Waals surface area (Å²) < 4.78 is 5.00. The number of rotatable bonds is 7. The molecule has 0 bridgehead atoms. The molecule has 0 radical (unpaired) electrons. The van der Waals surface area contributed by atoms with Crippen LogP contribution in [0, 0.1) is 0 Å². The molecule has 0 unspecified atom stereocenters. The first-order chi connectivity index (χ1) is 12.4. The van der Waals surface area contributed by atoms with Crippen molar-refractivity contribution < 1.29 is 19.4 Å². The number of methoxy groups -OCH3 is 1. The van der Waals surface area contributed by atoms with E-state index in [9.17, 15) is 14.7 Å². The summed E-state index contributed by atoms with van der Waals surface area (Å²) in [5.74, 6) is -0.363. The zero-order chi connectivity index (χ0) is 19.1. The minimum Gasteiger partial charge on any atom is -0.504 e. The molecule has 0 fully saturated rings. The van der Waals surface area contributed by atoms with E-state index in [1.807, 2.05) is 0 Å². The van der Waals surface area contributed by atoms with Gasteiger partial charge < -0.3 is 9.84 Å². The highest BCUT2D eigenvalue weighted by Crippen LogP contribution is 2.26. The summed E-state index contributed by atoms with van der Waals surface area (Å²) in [4.78, 5) is 23.8. The normalized spacial score (nSPS) is 11.2. The van der Waals surface area contributed by atoms with Crippen molar-refractivity contribution in [3.63, 3.8) is 0 Å². The van der Waals surface area contributed by atoms with Gasteiger partial charge in [-0.3, -0.25) is 9.59 Å². The van der Waals surface area contributed by atoms with Gasteiger partial charge in [-0.2, -0.15) is 0 Å². The minimum atomic E-state index is -0.339. The number of carbonyl (C=O) groups excluding carboxylic acids is 2. The Kier molecular flexibility index (Phi) is 7.01. The molecule has 0 saturated carbocycles. The van der Waals surface area contributed by atoms with Crippen LogP contribution in [0.4, 0.5) is 0 Å². The van der Waals surface area contributed by atoms with Crippen LogP contribution in [0.2, 0.25) is 10.0 Å². The second kappa shape index (κ2) is 9.22. The lowest BCUT2D eigenvalue weighted by atomic mass is 10.1. The van der Waals surface area contributed by atoms with E-state index in [0.717, 1.165) is 0 Å².